The van der Waals surface area contributed by atoms with Crippen molar-refractivity contribution in [3.63, 3.8) is 0 Å². The number of benzene rings is 3. The van der Waals surface area contributed by atoms with Crippen molar-refractivity contribution >= 4 is 46.4 Å². The number of hydrogen-bond acceptors (Lipinski definition) is 4. The van der Waals surface area contributed by atoms with E-state index < -0.39 is 0 Å². The van der Waals surface area contributed by atoms with E-state index in [0.29, 0.717) is 32.5 Å². The molecule has 0 bridgehead atoms. The second kappa shape index (κ2) is 8.15. The van der Waals surface area contributed by atoms with Crippen molar-refractivity contribution in [2.75, 3.05) is 12.0 Å². The summed E-state index contributed by atoms with van der Waals surface area (Å²) < 4.78 is 5.21. The Bertz CT molecular complexity index is 1090. The first-order chi connectivity index (χ1) is 14.1. The van der Waals surface area contributed by atoms with Gasteiger partial charge in [0.1, 0.15) is 5.75 Å². The molecule has 3 aromatic rings. The summed E-state index contributed by atoms with van der Waals surface area (Å²) in [5.41, 5.74) is 1.53. The maximum Gasteiger partial charge on any atom is 0.272 e. The highest BCUT2D eigenvalue weighted by atomic mass is 35.5. The molecule has 4 rings (SSSR count). The van der Waals surface area contributed by atoms with E-state index in [2.05, 4.69) is 0 Å². The molecule has 6 heteroatoms. The van der Waals surface area contributed by atoms with E-state index in [-0.39, 0.29) is 11.8 Å². The highest BCUT2D eigenvalue weighted by molar-refractivity contribution is 8.04. The summed E-state index contributed by atoms with van der Waals surface area (Å²) in [5, 5.41) is 0.537. The summed E-state index contributed by atoms with van der Waals surface area (Å²) in [6.45, 7) is 0. The van der Waals surface area contributed by atoms with E-state index in [0.717, 1.165) is 4.90 Å². The molecule has 0 unspecified atom stereocenters. The molecule has 0 N–H and O–H groups in total. The largest absolute Gasteiger partial charge is 0.497 e. The monoisotopic (exact) mass is 421 g/mol. The summed E-state index contributed by atoms with van der Waals surface area (Å²) in [5.74, 6) is -0.0316. The first-order valence-electron chi connectivity index (χ1n) is 8.84. The first-order valence-corrected chi connectivity index (χ1v) is 10.0. The van der Waals surface area contributed by atoms with Crippen molar-refractivity contribution in [3.05, 3.63) is 94.4 Å². The SMILES string of the molecule is COc1ccc(C2=C(Sc3ccccc3)C(=O)N(c3ccc(Cl)cc3)C2=O)cc1. The van der Waals surface area contributed by atoms with Crippen LogP contribution in [0.3, 0.4) is 0 Å². The molecule has 1 aliphatic rings. The summed E-state index contributed by atoms with van der Waals surface area (Å²) >= 11 is 7.25. The highest BCUT2D eigenvalue weighted by Crippen LogP contribution is 2.41. The van der Waals surface area contributed by atoms with Gasteiger partial charge in [0.15, 0.2) is 0 Å². The van der Waals surface area contributed by atoms with Crippen LogP contribution in [-0.2, 0) is 9.59 Å². The Balaban J connectivity index is 1.80. The van der Waals surface area contributed by atoms with Gasteiger partial charge in [-0.1, -0.05) is 53.7 Å². The summed E-state index contributed by atoms with van der Waals surface area (Å²) in [7, 11) is 1.58. The van der Waals surface area contributed by atoms with Crippen LogP contribution in [-0.4, -0.2) is 18.9 Å². The molecule has 3 aromatic carbocycles. The van der Waals surface area contributed by atoms with Gasteiger partial charge in [0.2, 0.25) is 0 Å². The molecule has 4 nitrogen and oxygen atoms in total. The Morgan fingerprint density at radius 1 is 0.828 bits per heavy atom. The smallest absolute Gasteiger partial charge is 0.272 e. The number of imide groups is 1. The van der Waals surface area contributed by atoms with Crippen LogP contribution in [0.4, 0.5) is 5.69 Å². The van der Waals surface area contributed by atoms with Crippen molar-refractivity contribution in [3.8, 4) is 5.75 Å². The van der Waals surface area contributed by atoms with Gasteiger partial charge in [-0.25, -0.2) is 4.90 Å². The van der Waals surface area contributed by atoms with Crippen LogP contribution in [0.1, 0.15) is 5.56 Å². The van der Waals surface area contributed by atoms with Crippen molar-refractivity contribution in [2.24, 2.45) is 0 Å². The summed E-state index contributed by atoms with van der Waals surface area (Å²) in [6, 6.07) is 23.3. The van der Waals surface area contributed by atoms with Gasteiger partial charge in [0.25, 0.3) is 11.8 Å². The topological polar surface area (TPSA) is 46.6 Å². The van der Waals surface area contributed by atoms with Gasteiger partial charge in [0.05, 0.1) is 23.3 Å². The minimum Gasteiger partial charge on any atom is -0.497 e. The third-order valence-corrected chi connectivity index (χ3v) is 5.81. The van der Waals surface area contributed by atoms with E-state index in [1.165, 1.54) is 16.7 Å². The molecule has 0 saturated carbocycles. The maximum atomic E-state index is 13.3. The number of methoxy groups -OCH3 is 1. The van der Waals surface area contributed by atoms with Crippen LogP contribution in [0.15, 0.2) is 88.7 Å². The predicted molar refractivity (Wildman–Crippen MR) is 116 cm³/mol. The normalized spacial score (nSPS) is 13.9. The predicted octanol–water partition coefficient (Wildman–Crippen LogP) is 5.43. The zero-order valence-electron chi connectivity index (χ0n) is 15.5. The Labute approximate surface area is 177 Å². The lowest BCUT2D eigenvalue weighted by Gasteiger charge is -2.15. The zero-order valence-corrected chi connectivity index (χ0v) is 17.0. The number of carbonyl (C=O) groups excluding carboxylic acids is 2. The molecule has 0 aliphatic carbocycles. The molecule has 2 amide bonds. The highest BCUT2D eigenvalue weighted by Gasteiger charge is 2.40. The third kappa shape index (κ3) is 3.79. The molecule has 0 atom stereocenters. The molecule has 1 heterocycles. The quantitative estimate of drug-likeness (QED) is 0.515. The molecule has 29 heavy (non-hydrogen) atoms. The number of carbonyl (C=O) groups is 2. The van der Waals surface area contributed by atoms with Crippen LogP contribution in [0, 0.1) is 0 Å². The van der Waals surface area contributed by atoms with E-state index in [4.69, 9.17) is 16.3 Å². The van der Waals surface area contributed by atoms with Crippen LogP contribution >= 0.6 is 23.4 Å². The van der Waals surface area contributed by atoms with Crippen LogP contribution in [0.2, 0.25) is 5.02 Å². The molecule has 0 spiro atoms. The average Bonchev–Trinajstić information content (AvgIpc) is 2.99. The first kappa shape index (κ1) is 19.3. The molecule has 0 radical (unpaired) electrons. The van der Waals surface area contributed by atoms with Crippen molar-refractivity contribution in [2.45, 2.75) is 4.90 Å². The van der Waals surface area contributed by atoms with Crippen molar-refractivity contribution in [1.29, 1.82) is 0 Å². The Morgan fingerprint density at radius 2 is 1.48 bits per heavy atom. The number of anilines is 1. The third-order valence-electron chi connectivity index (χ3n) is 4.47. The van der Waals surface area contributed by atoms with E-state index in [9.17, 15) is 9.59 Å². The van der Waals surface area contributed by atoms with E-state index in [1.54, 1.807) is 55.6 Å². The second-order valence-electron chi connectivity index (χ2n) is 6.27. The Morgan fingerprint density at radius 3 is 2.10 bits per heavy atom. The number of halogens is 1. The van der Waals surface area contributed by atoms with Gasteiger partial charge in [0, 0.05) is 9.92 Å². The van der Waals surface area contributed by atoms with Crippen LogP contribution in [0.25, 0.3) is 5.57 Å². The van der Waals surface area contributed by atoms with Gasteiger partial charge in [-0.3, -0.25) is 9.59 Å². The van der Waals surface area contributed by atoms with Gasteiger partial charge in [-0.05, 0) is 54.1 Å². The maximum absolute atomic E-state index is 13.3. The number of ether oxygens (including phenoxy) is 1. The molecular formula is C23H16ClNO3S. The molecular weight excluding hydrogens is 406 g/mol. The zero-order chi connectivity index (χ0) is 20.4. The average molecular weight is 422 g/mol. The van der Waals surface area contributed by atoms with Crippen molar-refractivity contribution in [1.82, 2.24) is 0 Å². The fourth-order valence-corrected chi connectivity index (χ4v) is 4.19. The molecule has 0 fully saturated rings. The summed E-state index contributed by atoms with van der Waals surface area (Å²) in [6.07, 6.45) is 0. The molecule has 1 aliphatic heterocycles. The lowest BCUT2D eigenvalue weighted by molar-refractivity contribution is -0.119. The van der Waals surface area contributed by atoms with E-state index in [1.807, 2.05) is 30.3 Å². The fraction of sp³-hybridized carbons (Fsp3) is 0.0435. The molecule has 0 saturated heterocycles. The number of nitrogens with zero attached hydrogens (tertiary/aromatic N) is 1. The number of hydrogen-bond donors (Lipinski definition) is 0. The number of thioether (sulfide) groups is 1. The second-order valence-corrected chi connectivity index (χ2v) is 7.79. The lowest BCUT2D eigenvalue weighted by Crippen LogP contribution is -2.31. The number of rotatable bonds is 5. The van der Waals surface area contributed by atoms with Gasteiger partial charge < -0.3 is 4.74 Å². The van der Waals surface area contributed by atoms with Crippen LogP contribution < -0.4 is 9.64 Å². The van der Waals surface area contributed by atoms with Gasteiger partial charge in [-0.15, -0.1) is 0 Å². The minimum absolute atomic E-state index is 0.350. The summed E-state index contributed by atoms with van der Waals surface area (Å²) in [4.78, 5) is 29.1. The molecule has 0 aromatic heterocycles. The van der Waals surface area contributed by atoms with Crippen LogP contribution in [0.5, 0.6) is 5.75 Å². The van der Waals surface area contributed by atoms with Crippen molar-refractivity contribution < 1.29 is 14.3 Å². The molecule has 144 valence electrons. The Kier molecular flexibility index (Phi) is 5.43. The standard InChI is InChI=1S/C23H16ClNO3S/c1-28-18-13-7-15(8-14-18)20-21(29-19-5-3-2-4-6-19)23(27)25(22(20)26)17-11-9-16(24)10-12-17/h2-14H,1H3. The minimum atomic E-state index is -0.360. The van der Waals surface area contributed by atoms with Gasteiger partial charge >= 0.3 is 0 Å². The fourth-order valence-electron chi connectivity index (χ4n) is 3.05. The van der Waals surface area contributed by atoms with Gasteiger partial charge in [-0.2, -0.15) is 0 Å². The lowest BCUT2D eigenvalue weighted by atomic mass is 10.1. The number of amides is 2. The Hall–Kier alpha value is -3.02. The van der Waals surface area contributed by atoms with E-state index >= 15 is 0 Å².